The van der Waals surface area contributed by atoms with Crippen molar-refractivity contribution < 1.29 is 9.50 Å². The van der Waals surface area contributed by atoms with Crippen molar-refractivity contribution in [2.75, 3.05) is 6.61 Å². The van der Waals surface area contributed by atoms with Crippen LogP contribution in [0, 0.1) is 5.82 Å². The Morgan fingerprint density at radius 2 is 2.00 bits per heavy atom. The summed E-state index contributed by atoms with van der Waals surface area (Å²) < 4.78 is 14.4. The van der Waals surface area contributed by atoms with Gasteiger partial charge >= 0.3 is 0 Å². The number of nitrogens with zero attached hydrogens (tertiary/aromatic N) is 2. The molecular formula is C12H13FN2O. The maximum atomic E-state index is 12.7. The van der Waals surface area contributed by atoms with Crippen LogP contribution in [0.1, 0.15) is 12.0 Å². The van der Waals surface area contributed by atoms with E-state index >= 15 is 0 Å². The van der Waals surface area contributed by atoms with Gasteiger partial charge in [0.05, 0.1) is 11.9 Å². The van der Waals surface area contributed by atoms with Crippen LogP contribution in [0.25, 0.3) is 5.69 Å². The van der Waals surface area contributed by atoms with E-state index in [1.807, 2.05) is 6.20 Å². The minimum Gasteiger partial charge on any atom is -0.396 e. The minimum atomic E-state index is -0.253. The Morgan fingerprint density at radius 3 is 2.69 bits per heavy atom. The molecule has 0 bridgehead atoms. The van der Waals surface area contributed by atoms with Crippen LogP contribution in [0.2, 0.25) is 0 Å². The standard InChI is InChI=1S/C12H13FN2O/c13-11-3-5-12(6-4-11)15-9-10(8-14-15)2-1-7-16/h3-6,8-9,16H,1-2,7H2. The zero-order valence-electron chi connectivity index (χ0n) is 8.81. The molecule has 0 saturated carbocycles. The number of aromatic nitrogens is 2. The summed E-state index contributed by atoms with van der Waals surface area (Å²) >= 11 is 0. The lowest BCUT2D eigenvalue weighted by Gasteiger charge is -1.99. The Bertz CT molecular complexity index is 450. The maximum Gasteiger partial charge on any atom is 0.123 e. The van der Waals surface area contributed by atoms with Crippen LogP contribution in [0.15, 0.2) is 36.7 Å². The van der Waals surface area contributed by atoms with Crippen LogP contribution < -0.4 is 0 Å². The quantitative estimate of drug-likeness (QED) is 0.855. The highest BCUT2D eigenvalue weighted by Gasteiger charge is 2.00. The monoisotopic (exact) mass is 220 g/mol. The Balaban J connectivity index is 2.15. The third-order valence-corrected chi connectivity index (χ3v) is 2.35. The molecule has 1 aromatic heterocycles. The van der Waals surface area contributed by atoms with Crippen LogP contribution in [0.4, 0.5) is 4.39 Å². The maximum absolute atomic E-state index is 12.7. The topological polar surface area (TPSA) is 38.1 Å². The first kappa shape index (κ1) is 10.8. The molecule has 0 radical (unpaired) electrons. The molecular weight excluding hydrogens is 207 g/mol. The predicted octanol–water partition coefficient (Wildman–Crippen LogP) is 1.94. The fourth-order valence-corrected chi connectivity index (χ4v) is 1.51. The molecule has 0 atom stereocenters. The lowest BCUT2D eigenvalue weighted by molar-refractivity contribution is 0.288. The van der Waals surface area contributed by atoms with Gasteiger partial charge in [0.15, 0.2) is 0 Å². The molecule has 0 unspecified atom stereocenters. The molecule has 0 aliphatic carbocycles. The SMILES string of the molecule is OCCCc1cnn(-c2ccc(F)cc2)c1. The Labute approximate surface area is 93.2 Å². The Morgan fingerprint density at radius 1 is 1.25 bits per heavy atom. The van der Waals surface area contributed by atoms with E-state index in [2.05, 4.69) is 5.10 Å². The van der Waals surface area contributed by atoms with Crippen molar-refractivity contribution in [3.05, 3.63) is 48.0 Å². The third kappa shape index (κ3) is 2.46. The number of benzene rings is 1. The molecule has 4 heteroatoms. The summed E-state index contributed by atoms with van der Waals surface area (Å²) in [4.78, 5) is 0. The van der Waals surface area contributed by atoms with Gasteiger partial charge in [0.1, 0.15) is 5.82 Å². The van der Waals surface area contributed by atoms with Crippen LogP contribution in [-0.2, 0) is 6.42 Å². The number of hydrogen-bond acceptors (Lipinski definition) is 2. The van der Waals surface area contributed by atoms with Crippen molar-refractivity contribution in [1.82, 2.24) is 9.78 Å². The largest absolute Gasteiger partial charge is 0.396 e. The number of aliphatic hydroxyl groups is 1. The fourth-order valence-electron chi connectivity index (χ4n) is 1.51. The van der Waals surface area contributed by atoms with Gasteiger partial charge in [0.25, 0.3) is 0 Å². The lowest BCUT2D eigenvalue weighted by atomic mass is 10.2. The molecule has 84 valence electrons. The van der Waals surface area contributed by atoms with Gasteiger partial charge < -0.3 is 5.11 Å². The highest BCUT2D eigenvalue weighted by molar-refractivity contribution is 5.31. The molecule has 0 amide bonds. The first-order valence-electron chi connectivity index (χ1n) is 5.20. The summed E-state index contributed by atoms with van der Waals surface area (Å²) in [6.45, 7) is 0.182. The second-order valence-corrected chi connectivity index (χ2v) is 3.60. The second kappa shape index (κ2) is 4.90. The molecule has 1 N–H and O–H groups in total. The molecule has 0 aliphatic heterocycles. The molecule has 1 heterocycles. The number of halogens is 1. The summed E-state index contributed by atoms with van der Waals surface area (Å²) in [7, 11) is 0. The smallest absolute Gasteiger partial charge is 0.123 e. The predicted molar refractivity (Wildman–Crippen MR) is 58.9 cm³/mol. The molecule has 0 saturated heterocycles. The number of aliphatic hydroxyl groups excluding tert-OH is 1. The third-order valence-electron chi connectivity index (χ3n) is 2.35. The lowest BCUT2D eigenvalue weighted by Crippen LogP contribution is -1.93. The van der Waals surface area contributed by atoms with Gasteiger partial charge in [-0.1, -0.05) is 0 Å². The summed E-state index contributed by atoms with van der Waals surface area (Å²) in [6, 6.07) is 6.17. The van der Waals surface area contributed by atoms with E-state index in [9.17, 15) is 4.39 Å². The number of aryl methyl sites for hydroxylation is 1. The molecule has 0 spiro atoms. The van der Waals surface area contributed by atoms with E-state index in [0.29, 0.717) is 0 Å². The van der Waals surface area contributed by atoms with Crippen LogP contribution in [0.5, 0.6) is 0 Å². The number of rotatable bonds is 4. The van der Waals surface area contributed by atoms with Gasteiger partial charge in [0, 0.05) is 12.8 Å². The normalized spacial score (nSPS) is 10.6. The van der Waals surface area contributed by atoms with E-state index in [1.165, 1.54) is 12.1 Å². The summed E-state index contributed by atoms with van der Waals surface area (Å²) in [5.74, 6) is -0.253. The van der Waals surface area contributed by atoms with Gasteiger partial charge in [-0.15, -0.1) is 0 Å². The molecule has 1 aromatic carbocycles. The van der Waals surface area contributed by atoms with E-state index in [1.54, 1.807) is 23.0 Å². The molecule has 0 aliphatic rings. The zero-order chi connectivity index (χ0) is 11.4. The van der Waals surface area contributed by atoms with Crippen LogP contribution >= 0.6 is 0 Å². The number of hydrogen-bond donors (Lipinski definition) is 1. The van der Waals surface area contributed by atoms with E-state index in [-0.39, 0.29) is 12.4 Å². The molecule has 2 rings (SSSR count). The van der Waals surface area contributed by atoms with Crippen molar-refractivity contribution in [3.8, 4) is 5.69 Å². The average molecular weight is 220 g/mol. The van der Waals surface area contributed by atoms with Gasteiger partial charge in [-0.2, -0.15) is 5.10 Å². The fraction of sp³-hybridized carbons (Fsp3) is 0.250. The Hall–Kier alpha value is -1.68. The van der Waals surface area contributed by atoms with Crippen molar-refractivity contribution in [2.45, 2.75) is 12.8 Å². The van der Waals surface area contributed by atoms with Crippen LogP contribution in [0.3, 0.4) is 0 Å². The zero-order valence-corrected chi connectivity index (χ0v) is 8.81. The summed E-state index contributed by atoms with van der Waals surface area (Å²) in [5, 5.41) is 12.9. The summed E-state index contributed by atoms with van der Waals surface area (Å²) in [5.41, 5.74) is 1.90. The summed E-state index contributed by atoms with van der Waals surface area (Å²) in [6.07, 6.45) is 5.19. The van der Waals surface area contributed by atoms with Crippen LogP contribution in [-0.4, -0.2) is 21.5 Å². The van der Waals surface area contributed by atoms with Gasteiger partial charge in [-0.05, 0) is 42.7 Å². The highest BCUT2D eigenvalue weighted by Crippen LogP contribution is 2.10. The van der Waals surface area contributed by atoms with Gasteiger partial charge in [-0.25, -0.2) is 9.07 Å². The van der Waals surface area contributed by atoms with Crippen molar-refractivity contribution in [3.63, 3.8) is 0 Å². The Kier molecular flexibility index (Phi) is 3.31. The van der Waals surface area contributed by atoms with E-state index in [0.717, 1.165) is 24.1 Å². The van der Waals surface area contributed by atoms with E-state index < -0.39 is 0 Å². The molecule has 3 nitrogen and oxygen atoms in total. The second-order valence-electron chi connectivity index (χ2n) is 3.60. The minimum absolute atomic E-state index is 0.182. The first-order chi connectivity index (χ1) is 7.79. The average Bonchev–Trinajstić information content (AvgIpc) is 2.76. The molecule has 0 fully saturated rings. The van der Waals surface area contributed by atoms with Crippen molar-refractivity contribution in [2.24, 2.45) is 0 Å². The first-order valence-corrected chi connectivity index (χ1v) is 5.20. The van der Waals surface area contributed by atoms with Crippen molar-refractivity contribution >= 4 is 0 Å². The van der Waals surface area contributed by atoms with E-state index in [4.69, 9.17) is 5.11 Å². The van der Waals surface area contributed by atoms with Gasteiger partial charge in [0.2, 0.25) is 0 Å². The highest BCUT2D eigenvalue weighted by atomic mass is 19.1. The molecule has 2 aromatic rings. The van der Waals surface area contributed by atoms with Gasteiger partial charge in [-0.3, -0.25) is 0 Å². The molecule has 16 heavy (non-hydrogen) atoms. The van der Waals surface area contributed by atoms with Crippen molar-refractivity contribution in [1.29, 1.82) is 0 Å².